The molecule has 9 heteroatoms. The first kappa shape index (κ1) is 19.6. The Kier molecular flexibility index (Phi) is 6.32. The first-order valence-electron chi connectivity index (χ1n) is 8.93. The van der Waals surface area contributed by atoms with E-state index in [4.69, 9.17) is 5.73 Å². The van der Waals surface area contributed by atoms with Gasteiger partial charge in [-0.25, -0.2) is 4.98 Å². The average Bonchev–Trinajstić information content (AvgIpc) is 3.09. The largest absolute Gasteiger partial charge is 0.398 e. The summed E-state index contributed by atoms with van der Waals surface area (Å²) in [5, 5.41) is 16.0. The van der Waals surface area contributed by atoms with Crippen molar-refractivity contribution in [3.63, 3.8) is 0 Å². The van der Waals surface area contributed by atoms with Crippen LogP contribution in [-0.2, 0) is 13.1 Å². The highest BCUT2D eigenvalue weighted by Gasteiger charge is 2.15. The maximum Gasteiger partial charge on any atom is 0.227 e. The van der Waals surface area contributed by atoms with Crippen molar-refractivity contribution in [1.29, 1.82) is 0 Å². The van der Waals surface area contributed by atoms with Crippen LogP contribution in [-0.4, -0.2) is 37.3 Å². The molecular weight excluding hydrogens is 457 g/mol. The van der Waals surface area contributed by atoms with E-state index in [1.807, 2.05) is 36.6 Å². The molecule has 144 valence electrons. The highest BCUT2D eigenvalue weighted by molar-refractivity contribution is 14.1. The van der Waals surface area contributed by atoms with Crippen molar-refractivity contribution >= 4 is 51.2 Å². The van der Waals surface area contributed by atoms with Gasteiger partial charge in [-0.3, -0.25) is 0 Å². The number of fused-ring (bicyclic) bond motifs is 1. The molecule has 0 bridgehead atoms. The van der Waals surface area contributed by atoms with E-state index in [9.17, 15) is 5.11 Å². The third-order valence-electron chi connectivity index (χ3n) is 4.40. The van der Waals surface area contributed by atoms with E-state index in [0.29, 0.717) is 23.8 Å². The van der Waals surface area contributed by atoms with Gasteiger partial charge in [0.15, 0.2) is 17.0 Å². The van der Waals surface area contributed by atoms with Gasteiger partial charge in [-0.1, -0.05) is 6.92 Å². The van der Waals surface area contributed by atoms with Crippen LogP contribution in [0.4, 0.5) is 17.5 Å². The van der Waals surface area contributed by atoms with Crippen molar-refractivity contribution in [2.45, 2.75) is 39.4 Å². The molecule has 0 saturated carbocycles. The molecule has 0 aliphatic rings. The lowest BCUT2D eigenvalue weighted by Gasteiger charge is -2.16. The summed E-state index contributed by atoms with van der Waals surface area (Å²) in [4.78, 5) is 13.6. The number of halogens is 1. The minimum atomic E-state index is -0.0976. The summed E-state index contributed by atoms with van der Waals surface area (Å²) in [7, 11) is 0. The molecule has 1 unspecified atom stereocenters. The minimum Gasteiger partial charge on any atom is -0.398 e. The molecule has 8 nitrogen and oxygen atoms in total. The predicted octanol–water partition coefficient (Wildman–Crippen LogP) is 2.83. The van der Waals surface area contributed by atoms with E-state index in [1.54, 1.807) is 6.33 Å². The topological polar surface area (TPSA) is 114 Å². The quantitative estimate of drug-likeness (QED) is 0.289. The number of nitrogen functional groups attached to an aromatic ring is 1. The number of nitrogens with two attached hydrogens (primary N) is 1. The number of hydrogen-bond acceptors (Lipinski definition) is 7. The normalized spacial score (nSPS) is 12.3. The minimum absolute atomic E-state index is 0.0205. The molecule has 0 radical (unpaired) electrons. The van der Waals surface area contributed by atoms with Crippen molar-refractivity contribution in [3.8, 4) is 0 Å². The number of anilines is 3. The fraction of sp³-hybridized carbons (Fsp3) is 0.389. The van der Waals surface area contributed by atoms with Crippen LogP contribution in [0, 0.1) is 3.57 Å². The highest BCUT2D eigenvalue weighted by Crippen LogP contribution is 2.23. The zero-order chi connectivity index (χ0) is 19.4. The SMILES string of the molecule is CCC(CO)Nc1nc(NCc2cc(I)ccc2N)c2ncn(CC)c2n1. The molecule has 1 aromatic carbocycles. The van der Waals surface area contributed by atoms with Gasteiger partial charge < -0.3 is 26.0 Å². The number of aryl methyl sites for hydroxylation is 1. The Morgan fingerprint density at radius 1 is 1.30 bits per heavy atom. The first-order valence-corrected chi connectivity index (χ1v) is 10.0. The summed E-state index contributed by atoms with van der Waals surface area (Å²) in [5.74, 6) is 1.11. The van der Waals surface area contributed by atoms with E-state index in [2.05, 4.69) is 48.2 Å². The molecule has 0 spiro atoms. The molecule has 0 aliphatic carbocycles. The number of nitrogens with one attached hydrogen (secondary N) is 2. The molecule has 1 atom stereocenters. The molecule has 27 heavy (non-hydrogen) atoms. The number of hydrogen-bond donors (Lipinski definition) is 4. The highest BCUT2D eigenvalue weighted by atomic mass is 127. The molecule has 2 aromatic heterocycles. The lowest BCUT2D eigenvalue weighted by molar-refractivity contribution is 0.271. The fourth-order valence-corrected chi connectivity index (χ4v) is 3.28. The molecular formula is C18H24IN7O. The number of benzene rings is 1. The third-order valence-corrected chi connectivity index (χ3v) is 5.07. The number of aromatic nitrogens is 4. The number of aliphatic hydroxyl groups is 1. The van der Waals surface area contributed by atoms with E-state index in [-0.39, 0.29) is 12.6 Å². The van der Waals surface area contributed by atoms with Gasteiger partial charge >= 0.3 is 0 Å². The van der Waals surface area contributed by atoms with Crippen LogP contribution in [0.15, 0.2) is 24.5 Å². The van der Waals surface area contributed by atoms with E-state index in [0.717, 1.165) is 33.4 Å². The Morgan fingerprint density at radius 3 is 2.81 bits per heavy atom. The predicted molar refractivity (Wildman–Crippen MR) is 117 cm³/mol. The van der Waals surface area contributed by atoms with Gasteiger partial charge in [0.05, 0.1) is 19.0 Å². The van der Waals surface area contributed by atoms with Gasteiger partial charge in [0, 0.05) is 22.3 Å². The standard InChI is InChI=1S/C18H24IN7O/c1-3-13(9-27)23-18-24-16(15-17(25-18)26(4-2)10-22-15)21-8-11-7-12(19)5-6-14(11)20/h5-7,10,13,27H,3-4,8-9,20H2,1-2H3,(H2,21,23,24,25). The first-order chi connectivity index (χ1) is 13.0. The third kappa shape index (κ3) is 4.41. The maximum atomic E-state index is 9.47. The van der Waals surface area contributed by atoms with E-state index in [1.165, 1.54) is 0 Å². The lowest BCUT2D eigenvalue weighted by Crippen LogP contribution is -2.24. The van der Waals surface area contributed by atoms with Gasteiger partial charge in [-0.15, -0.1) is 0 Å². The Labute approximate surface area is 171 Å². The lowest BCUT2D eigenvalue weighted by atomic mass is 10.2. The summed E-state index contributed by atoms with van der Waals surface area (Å²) in [6.45, 7) is 5.35. The number of nitrogens with zero attached hydrogens (tertiary/aromatic N) is 4. The van der Waals surface area contributed by atoms with Gasteiger partial charge in [0.2, 0.25) is 5.95 Å². The van der Waals surface area contributed by atoms with Crippen LogP contribution in [0.3, 0.4) is 0 Å². The van der Waals surface area contributed by atoms with Gasteiger partial charge in [-0.05, 0) is 59.7 Å². The van der Waals surface area contributed by atoms with Gasteiger partial charge in [0.25, 0.3) is 0 Å². The van der Waals surface area contributed by atoms with Crippen molar-refractivity contribution in [3.05, 3.63) is 33.7 Å². The van der Waals surface area contributed by atoms with Crippen molar-refractivity contribution in [1.82, 2.24) is 19.5 Å². The van der Waals surface area contributed by atoms with Crippen LogP contribution in [0.2, 0.25) is 0 Å². The molecule has 3 aromatic rings. The Balaban J connectivity index is 1.94. The number of imidazole rings is 1. The Hall–Kier alpha value is -2.14. The molecule has 0 fully saturated rings. The monoisotopic (exact) mass is 481 g/mol. The molecule has 2 heterocycles. The van der Waals surface area contributed by atoms with E-state index >= 15 is 0 Å². The van der Waals surface area contributed by atoms with Crippen LogP contribution in [0.25, 0.3) is 11.2 Å². The molecule has 0 amide bonds. The second kappa shape index (κ2) is 8.70. The molecule has 5 N–H and O–H groups in total. The van der Waals surface area contributed by atoms with Crippen LogP contribution in [0.1, 0.15) is 25.8 Å². The summed E-state index contributed by atoms with van der Waals surface area (Å²) >= 11 is 2.27. The molecule has 0 saturated heterocycles. The summed E-state index contributed by atoms with van der Waals surface area (Å²) < 4.78 is 3.09. The van der Waals surface area contributed by atoms with Crippen LogP contribution in [0.5, 0.6) is 0 Å². The fourth-order valence-electron chi connectivity index (χ4n) is 2.73. The second-order valence-corrected chi connectivity index (χ2v) is 7.47. The Morgan fingerprint density at radius 2 is 2.11 bits per heavy atom. The molecule has 3 rings (SSSR count). The summed E-state index contributed by atoms with van der Waals surface area (Å²) in [6.07, 6.45) is 2.53. The zero-order valence-electron chi connectivity index (χ0n) is 15.4. The number of aliphatic hydroxyl groups excluding tert-OH is 1. The molecule has 0 aliphatic heterocycles. The second-order valence-electron chi connectivity index (χ2n) is 6.23. The summed E-state index contributed by atoms with van der Waals surface area (Å²) in [5.41, 5.74) is 9.28. The smallest absolute Gasteiger partial charge is 0.227 e. The van der Waals surface area contributed by atoms with Crippen molar-refractivity contribution in [2.75, 3.05) is 23.0 Å². The Bertz CT molecular complexity index is 923. The van der Waals surface area contributed by atoms with Crippen molar-refractivity contribution in [2.24, 2.45) is 0 Å². The maximum absolute atomic E-state index is 9.47. The zero-order valence-corrected chi connectivity index (χ0v) is 17.6. The van der Waals surface area contributed by atoms with Crippen molar-refractivity contribution < 1.29 is 5.11 Å². The number of rotatable bonds is 8. The van der Waals surface area contributed by atoms with E-state index < -0.39 is 0 Å². The van der Waals surface area contributed by atoms with Gasteiger partial charge in [0.1, 0.15) is 0 Å². The summed E-state index contributed by atoms with van der Waals surface area (Å²) in [6, 6.07) is 5.83. The average molecular weight is 481 g/mol. The van der Waals surface area contributed by atoms with Crippen LogP contribution >= 0.6 is 22.6 Å². The van der Waals surface area contributed by atoms with Gasteiger partial charge in [-0.2, -0.15) is 9.97 Å². The van der Waals surface area contributed by atoms with Crippen LogP contribution < -0.4 is 16.4 Å².